The van der Waals surface area contributed by atoms with Crippen molar-refractivity contribution in [3.8, 4) is 10.6 Å². The molecule has 0 bridgehead atoms. The molecule has 0 saturated carbocycles. The number of aliphatic hydroxyl groups excluding tert-OH is 1. The highest BCUT2D eigenvalue weighted by molar-refractivity contribution is 7.13. The first-order valence-corrected chi connectivity index (χ1v) is 8.13. The highest BCUT2D eigenvalue weighted by atomic mass is 32.1. The first kappa shape index (κ1) is 14.7. The fourth-order valence-electron chi connectivity index (χ4n) is 2.59. The minimum Gasteiger partial charge on any atom is -0.390 e. The third-order valence-corrected chi connectivity index (χ3v) is 4.89. The zero-order chi connectivity index (χ0) is 14.7. The molecule has 1 aromatic heterocycles. The average Bonchev–Trinajstić information content (AvgIpc) is 3.04. The monoisotopic (exact) mass is 304 g/mol. The van der Waals surface area contributed by atoms with Gasteiger partial charge in [-0.3, -0.25) is 4.90 Å². The van der Waals surface area contributed by atoms with Crippen LogP contribution in [0.4, 0.5) is 0 Å². The standard InChI is InChI=1S/C16H20N2O2S/c1-12(18-6-8-20-9-7-18)13-2-4-14(5-3-13)16-17-15(10-19)11-21-16/h2-5,11-12,19H,6-10H2,1H3/t12-/m0/s1. The van der Waals surface area contributed by atoms with Gasteiger partial charge in [-0.1, -0.05) is 24.3 Å². The Kier molecular flexibility index (Phi) is 4.65. The van der Waals surface area contributed by atoms with E-state index in [9.17, 15) is 0 Å². The number of morpholine rings is 1. The number of benzene rings is 1. The average molecular weight is 304 g/mol. The predicted octanol–water partition coefficient (Wildman–Crippen LogP) is 2.70. The zero-order valence-electron chi connectivity index (χ0n) is 12.2. The summed E-state index contributed by atoms with van der Waals surface area (Å²) in [5.74, 6) is 0. The number of hydrogen-bond donors (Lipinski definition) is 1. The molecule has 112 valence electrons. The lowest BCUT2D eigenvalue weighted by atomic mass is 10.0. The molecule has 0 aliphatic carbocycles. The summed E-state index contributed by atoms with van der Waals surface area (Å²) in [6.45, 7) is 5.89. The Hall–Kier alpha value is -1.27. The Morgan fingerprint density at radius 1 is 1.29 bits per heavy atom. The molecule has 3 rings (SSSR count). The van der Waals surface area contributed by atoms with Crippen LogP contribution < -0.4 is 0 Å². The molecule has 21 heavy (non-hydrogen) atoms. The maximum Gasteiger partial charge on any atom is 0.123 e. The van der Waals surface area contributed by atoms with Gasteiger partial charge in [0, 0.05) is 30.1 Å². The third-order valence-electron chi connectivity index (χ3n) is 3.95. The lowest BCUT2D eigenvalue weighted by Crippen LogP contribution is -2.37. The lowest BCUT2D eigenvalue weighted by molar-refractivity contribution is 0.0198. The number of hydrogen-bond acceptors (Lipinski definition) is 5. The van der Waals surface area contributed by atoms with E-state index in [-0.39, 0.29) is 6.61 Å². The normalized spacial score (nSPS) is 17.8. The van der Waals surface area contributed by atoms with Crippen LogP contribution in [0, 0.1) is 0 Å². The third kappa shape index (κ3) is 3.32. The van der Waals surface area contributed by atoms with E-state index in [0.29, 0.717) is 6.04 Å². The van der Waals surface area contributed by atoms with Crippen LogP contribution in [0.5, 0.6) is 0 Å². The summed E-state index contributed by atoms with van der Waals surface area (Å²) in [6.07, 6.45) is 0. The topological polar surface area (TPSA) is 45.6 Å². The summed E-state index contributed by atoms with van der Waals surface area (Å²) in [6, 6.07) is 9.00. The molecule has 0 amide bonds. The number of rotatable bonds is 4. The van der Waals surface area contributed by atoms with Gasteiger partial charge in [0.1, 0.15) is 5.01 Å². The quantitative estimate of drug-likeness (QED) is 0.943. The Bertz CT molecular complexity index is 576. The summed E-state index contributed by atoms with van der Waals surface area (Å²) < 4.78 is 5.41. The molecule has 1 atom stereocenters. The van der Waals surface area contributed by atoms with Gasteiger partial charge in [0.05, 0.1) is 25.5 Å². The van der Waals surface area contributed by atoms with Crippen molar-refractivity contribution in [3.63, 3.8) is 0 Å². The number of aromatic nitrogens is 1. The number of aliphatic hydroxyl groups is 1. The van der Waals surface area contributed by atoms with Crippen molar-refractivity contribution in [1.82, 2.24) is 9.88 Å². The molecule has 2 heterocycles. The molecule has 1 aliphatic rings. The second-order valence-electron chi connectivity index (χ2n) is 5.25. The van der Waals surface area contributed by atoms with Gasteiger partial charge >= 0.3 is 0 Å². The molecule has 1 saturated heterocycles. The van der Waals surface area contributed by atoms with Crippen molar-refractivity contribution in [1.29, 1.82) is 0 Å². The molecule has 1 N–H and O–H groups in total. The number of ether oxygens (including phenoxy) is 1. The van der Waals surface area contributed by atoms with Crippen LogP contribution in [0.1, 0.15) is 24.2 Å². The van der Waals surface area contributed by atoms with E-state index in [1.807, 2.05) is 5.38 Å². The van der Waals surface area contributed by atoms with E-state index in [1.165, 1.54) is 5.56 Å². The molecule has 1 fully saturated rings. The van der Waals surface area contributed by atoms with Crippen LogP contribution in [0.15, 0.2) is 29.6 Å². The lowest BCUT2D eigenvalue weighted by Gasteiger charge is -2.32. The summed E-state index contributed by atoms with van der Waals surface area (Å²) in [5.41, 5.74) is 3.16. The fourth-order valence-corrected chi connectivity index (χ4v) is 3.41. The smallest absolute Gasteiger partial charge is 0.123 e. The Morgan fingerprint density at radius 3 is 2.62 bits per heavy atom. The molecule has 0 spiro atoms. The summed E-state index contributed by atoms with van der Waals surface area (Å²) >= 11 is 1.57. The Morgan fingerprint density at radius 2 is 2.00 bits per heavy atom. The summed E-state index contributed by atoms with van der Waals surface area (Å²) in [4.78, 5) is 6.86. The minimum absolute atomic E-state index is 0.00263. The second-order valence-corrected chi connectivity index (χ2v) is 6.11. The summed E-state index contributed by atoms with van der Waals surface area (Å²) in [7, 11) is 0. The molecule has 0 unspecified atom stereocenters. The van der Waals surface area contributed by atoms with Gasteiger partial charge in [0.25, 0.3) is 0 Å². The largest absolute Gasteiger partial charge is 0.390 e. The van der Waals surface area contributed by atoms with Gasteiger partial charge in [0.2, 0.25) is 0 Å². The zero-order valence-corrected chi connectivity index (χ0v) is 13.0. The first-order valence-electron chi connectivity index (χ1n) is 7.25. The van der Waals surface area contributed by atoms with E-state index in [2.05, 4.69) is 41.1 Å². The second kappa shape index (κ2) is 6.66. The molecule has 4 nitrogen and oxygen atoms in total. The van der Waals surface area contributed by atoms with E-state index in [4.69, 9.17) is 9.84 Å². The van der Waals surface area contributed by atoms with Crippen LogP contribution in [-0.4, -0.2) is 41.3 Å². The number of thiazole rings is 1. The van der Waals surface area contributed by atoms with Crippen LogP contribution >= 0.6 is 11.3 Å². The van der Waals surface area contributed by atoms with Crippen LogP contribution in [-0.2, 0) is 11.3 Å². The molecule has 1 aromatic carbocycles. The highest BCUT2D eigenvalue weighted by Gasteiger charge is 2.18. The van der Waals surface area contributed by atoms with Gasteiger partial charge in [-0.15, -0.1) is 11.3 Å². The molecule has 5 heteroatoms. The SMILES string of the molecule is C[C@@H](c1ccc(-c2nc(CO)cs2)cc1)N1CCOCC1. The molecule has 2 aromatic rings. The Balaban J connectivity index is 1.73. The van der Waals surface area contributed by atoms with Crippen molar-refractivity contribution in [2.45, 2.75) is 19.6 Å². The van der Waals surface area contributed by atoms with Gasteiger partial charge in [-0.05, 0) is 12.5 Å². The van der Waals surface area contributed by atoms with Gasteiger partial charge in [-0.2, -0.15) is 0 Å². The van der Waals surface area contributed by atoms with E-state index in [1.54, 1.807) is 11.3 Å². The molecule has 0 radical (unpaired) electrons. The maximum absolute atomic E-state index is 9.09. The first-order chi connectivity index (χ1) is 10.3. The van der Waals surface area contributed by atoms with Crippen molar-refractivity contribution in [2.75, 3.05) is 26.3 Å². The molecular weight excluding hydrogens is 284 g/mol. The van der Waals surface area contributed by atoms with E-state index in [0.717, 1.165) is 42.6 Å². The molecular formula is C16H20N2O2S. The Labute approximate surface area is 129 Å². The summed E-state index contributed by atoms with van der Waals surface area (Å²) in [5, 5.41) is 12.0. The van der Waals surface area contributed by atoms with Crippen molar-refractivity contribution in [3.05, 3.63) is 40.9 Å². The number of nitrogens with zero attached hydrogens (tertiary/aromatic N) is 2. The van der Waals surface area contributed by atoms with Gasteiger partial charge < -0.3 is 9.84 Å². The van der Waals surface area contributed by atoms with Gasteiger partial charge in [0.15, 0.2) is 0 Å². The molecule has 1 aliphatic heterocycles. The van der Waals surface area contributed by atoms with Crippen LogP contribution in [0.3, 0.4) is 0 Å². The van der Waals surface area contributed by atoms with Crippen LogP contribution in [0.2, 0.25) is 0 Å². The van der Waals surface area contributed by atoms with Crippen LogP contribution in [0.25, 0.3) is 10.6 Å². The predicted molar refractivity (Wildman–Crippen MR) is 84.3 cm³/mol. The maximum atomic E-state index is 9.09. The van der Waals surface area contributed by atoms with E-state index < -0.39 is 0 Å². The minimum atomic E-state index is 0.00263. The van der Waals surface area contributed by atoms with Crippen molar-refractivity contribution < 1.29 is 9.84 Å². The van der Waals surface area contributed by atoms with Crippen molar-refractivity contribution >= 4 is 11.3 Å². The highest BCUT2D eigenvalue weighted by Crippen LogP contribution is 2.27. The van der Waals surface area contributed by atoms with E-state index >= 15 is 0 Å². The van der Waals surface area contributed by atoms with Crippen molar-refractivity contribution in [2.24, 2.45) is 0 Å². The van der Waals surface area contributed by atoms with Gasteiger partial charge in [-0.25, -0.2) is 4.98 Å². The fraction of sp³-hybridized carbons (Fsp3) is 0.438.